The molecule has 2 aliphatic rings. The van der Waals surface area contributed by atoms with Gasteiger partial charge in [0, 0.05) is 12.1 Å². The van der Waals surface area contributed by atoms with Crippen LogP contribution in [0.5, 0.6) is 0 Å². The molecule has 4 heteroatoms. The molecule has 0 aromatic heterocycles. The quantitative estimate of drug-likeness (QED) is 0.799. The molecular weight excluding hydrogens is 224 g/mol. The molecule has 1 saturated carbocycles. The number of nitrogens with two attached hydrogens (primary N) is 1. The van der Waals surface area contributed by atoms with Crippen molar-refractivity contribution in [3.05, 3.63) is 0 Å². The molecule has 1 saturated heterocycles. The van der Waals surface area contributed by atoms with Crippen LogP contribution in [0.15, 0.2) is 0 Å². The molecule has 0 atom stereocenters. The predicted molar refractivity (Wildman–Crippen MR) is 73.1 cm³/mol. The van der Waals surface area contributed by atoms with Crippen LogP contribution in [0, 0.1) is 11.3 Å². The zero-order valence-electron chi connectivity index (χ0n) is 11.7. The highest BCUT2D eigenvalue weighted by atomic mass is 15.2. The van der Waals surface area contributed by atoms with Crippen molar-refractivity contribution in [3.63, 3.8) is 0 Å². The minimum absolute atomic E-state index is 0.551. The number of hydrogen-bond donors (Lipinski definition) is 1. The molecule has 2 fully saturated rings. The van der Waals surface area contributed by atoms with Crippen molar-refractivity contribution in [1.29, 1.82) is 5.26 Å². The second kappa shape index (κ2) is 5.56. The summed E-state index contributed by atoms with van der Waals surface area (Å²) in [6.07, 6.45) is 6.40. The monoisotopic (exact) mass is 250 g/mol. The van der Waals surface area contributed by atoms with Gasteiger partial charge in [0.2, 0.25) is 0 Å². The van der Waals surface area contributed by atoms with Gasteiger partial charge >= 0.3 is 0 Å². The number of nitriles is 1. The van der Waals surface area contributed by atoms with Gasteiger partial charge < -0.3 is 15.5 Å². The molecule has 0 aromatic rings. The number of nitrogens with zero attached hydrogens (tertiary/aromatic N) is 3. The first-order chi connectivity index (χ1) is 8.54. The highest BCUT2D eigenvalue weighted by Crippen LogP contribution is 2.30. The molecule has 2 rings (SSSR count). The van der Waals surface area contributed by atoms with Crippen LogP contribution in [0.3, 0.4) is 0 Å². The lowest BCUT2D eigenvalue weighted by Crippen LogP contribution is -2.51. The molecule has 1 heterocycles. The van der Waals surface area contributed by atoms with Crippen molar-refractivity contribution in [2.75, 3.05) is 27.2 Å². The van der Waals surface area contributed by atoms with E-state index in [9.17, 15) is 0 Å². The summed E-state index contributed by atoms with van der Waals surface area (Å²) in [6.45, 7) is 2.42. The van der Waals surface area contributed by atoms with E-state index < -0.39 is 5.54 Å². The van der Waals surface area contributed by atoms with E-state index in [1.807, 2.05) is 0 Å². The van der Waals surface area contributed by atoms with E-state index in [4.69, 9.17) is 11.0 Å². The average molecular weight is 250 g/mol. The summed E-state index contributed by atoms with van der Waals surface area (Å²) in [7, 11) is 4.46. The van der Waals surface area contributed by atoms with E-state index in [0.717, 1.165) is 31.7 Å². The summed E-state index contributed by atoms with van der Waals surface area (Å²) in [5.41, 5.74) is 5.48. The third kappa shape index (κ3) is 3.03. The van der Waals surface area contributed by atoms with E-state index in [-0.39, 0.29) is 0 Å². The topological polar surface area (TPSA) is 56.3 Å². The van der Waals surface area contributed by atoms with Crippen molar-refractivity contribution in [2.24, 2.45) is 5.73 Å². The summed E-state index contributed by atoms with van der Waals surface area (Å²) < 4.78 is 0. The van der Waals surface area contributed by atoms with Crippen molar-refractivity contribution in [1.82, 2.24) is 9.80 Å². The molecule has 0 bridgehead atoms. The molecular formula is C14H26N4. The van der Waals surface area contributed by atoms with E-state index >= 15 is 0 Å². The number of hydrogen-bond acceptors (Lipinski definition) is 4. The largest absolute Gasteiger partial charge is 0.313 e. The molecule has 0 unspecified atom stereocenters. The number of rotatable bonds is 2. The lowest BCUT2D eigenvalue weighted by atomic mass is 9.80. The van der Waals surface area contributed by atoms with Crippen LogP contribution in [0.4, 0.5) is 0 Å². The third-order valence-corrected chi connectivity index (χ3v) is 4.91. The van der Waals surface area contributed by atoms with Gasteiger partial charge in [-0.2, -0.15) is 5.26 Å². The Kier molecular flexibility index (Phi) is 4.26. The van der Waals surface area contributed by atoms with Gasteiger partial charge in [-0.15, -0.1) is 0 Å². The van der Waals surface area contributed by atoms with Gasteiger partial charge in [-0.1, -0.05) is 0 Å². The first-order valence-electron chi connectivity index (χ1n) is 7.15. The van der Waals surface area contributed by atoms with Crippen LogP contribution < -0.4 is 5.73 Å². The molecule has 1 aliphatic heterocycles. The van der Waals surface area contributed by atoms with Crippen LogP contribution in [0.2, 0.25) is 0 Å². The third-order valence-electron chi connectivity index (χ3n) is 4.91. The molecule has 0 radical (unpaired) electrons. The highest BCUT2D eigenvalue weighted by molar-refractivity contribution is 5.08. The van der Waals surface area contributed by atoms with Gasteiger partial charge in [-0.3, -0.25) is 0 Å². The molecule has 0 spiro atoms. The lowest BCUT2D eigenvalue weighted by Gasteiger charge is -2.43. The van der Waals surface area contributed by atoms with Crippen LogP contribution in [-0.4, -0.2) is 54.6 Å². The minimum atomic E-state index is -0.551. The average Bonchev–Trinajstić information content (AvgIpc) is 2.40. The Hall–Kier alpha value is -0.630. The maximum Gasteiger partial charge on any atom is 0.104 e. The Morgan fingerprint density at radius 3 is 2.17 bits per heavy atom. The molecule has 18 heavy (non-hydrogen) atoms. The van der Waals surface area contributed by atoms with Crippen LogP contribution in [0.1, 0.15) is 38.5 Å². The molecule has 0 aromatic carbocycles. The Morgan fingerprint density at radius 1 is 1.17 bits per heavy atom. The standard InChI is InChI=1S/C14H26N4/c1-17-9-5-13(6-10-17)18(2)12-3-7-14(16,11-15)8-4-12/h12-13H,3-10,16H2,1-2H3. The number of piperidine rings is 1. The second-order valence-corrected chi connectivity index (χ2v) is 6.20. The van der Waals surface area contributed by atoms with Crippen LogP contribution >= 0.6 is 0 Å². The summed E-state index contributed by atoms with van der Waals surface area (Å²) in [5, 5.41) is 9.06. The van der Waals surface area contributed by atoms with Gasteiger partial charge in [-0.25, -0.2) is 0 Å². The Balaban J connectivity index is 1.84. The first-order valence-corrected chi connectivity index (χ1v) is 7.15. The van der Waals surface area contributed by atoms with E-state index in [1.54, 1.807) is 0 Å². The number of likely N-dealkylation sites (tertiary alicyclic amines) is 1. The fraction of sp³-hybridized carbons (Fsp3) is 0.929. The zero-order chi connectivity index (χ0) is 13.2. The fourth-order valence-corrected chi connectivity index (χ4v) is 3.34. The van der Waals surface area contributed by atoms with Gasteiger partial charge in [0.15, 0.2) is 0 Å². The summed E-state index contributed by atoms with van der Waals surface area (Å²) in [5.74, 6) is 0. The summed E-state index contributed by atoms with van der Waals surface area (Å²) >= 11 is 0. The van der Waals surface area contributed by atoms with Crippen molar-refractivity contribution in [2.45, 2.75) is 56.1 Å². The highest BCUT2D eigenvalue weighted by Gasteiger charge is 2.35. The Labute approximate surface area is 111 Å². The minimum Gasteiger partial charge on any atom is -0.313 e. The molecule has 102 valence electrons. The molecule has 2 N–H and O–H groups in total. The van der Waals surface area contributed by atoms with Gasteiger partial charge in [0.1, 0.15) is 5.54 Å². The van der Waals surface area contributed by atoms with Crippen molar-refractivity contribution < 1.29 is 0 Å². The molecule has 4 nitrogen and oxygen atoms in total. The van der Waals surface area contributed by atoms with Crippen molar-refractivity contribution in [3.8, 4) is 6.07 Å². The van der Waals surface area contributed by atoms with Gasteiger partial charge in [-0.05, 0) is 65.7 Å². The zero-order valence-corrected chi connectivity index (χ0v) is 11.7. The second-order valence-electron chi connectivity index (χ2n) is 6.20. The summed E-state index contributed by atoms with van der Waals surface area (Å²) in [6, 6.07) is 3.63. The molecule has 1 aliphatic carbocycles. The van der Waals surface area contributed by atoms with Gasteiger partial charge in [0.25, 0.3) is 0 Å². The smallest absolute Gasteiger partial charge is 0.104 e. The van der Waals surface area contributed by atoms with E-state index in [1.165, 1.54) is 25.9 Å². The Morgan fingerprint density at radius 2 is 1.67 bits per heavy atom. The van der Waals surface area contributed by atoms with Gasteiger partial charge in [0.05, 0.1) is 6.07 Å². The van der Waals surface area contributed by atoms with E-state index in [2.05, 4.69) is 30.0 Å². The van der Waals surface area contributed by atoms with E-state index in [0.29, 0.717) is 6.04 Å². The maximum absolute atomic E-state index is 9.06. The van der Waals surface area contributed by atoms with Crippen LogP contribution in [-0.2, 0) is 0 Å². The van der Waals surface area contributed by atoms with Crippen molar-refractivity contribution >= 4 is 0 Å². The predicted octanol–water partition coefficient (Wildman–Crippen LogP) is 1.18. The normalized spacial score (nSPS) is 35.6. The summed E-state index contributed by atoms with van der Waals surface area (Å²) in [4.78, 5) is 4.97. The SMILES string of the molecule is CN1CCC(N(C)C2CCC(N)(C#N)CC2)CC1. The first kappa shape index (κ1) is 13.8. The lowest BCUT2D eigenvalue weighted by molar-refractivity contribution is 0.0802. The molecule has 0 amide bonds. The maximum atomic E-state index is 9.06. The fourth-order valence-electron chi connectivity index (χ4n) is 3.34. The van der Waals surface area contributed by atoms with Crippen LogP contribution in [0.25, 0.3) is 0 Å². The Bertz CT molecular complexity index is 306.